The number of hydrogen-bond acceptors (Lipinski definition) is 4. The van der Waals surface area contributed by atoms with Gasteiger partial charge in [-0.1, -0.05) is 35.4 Å². The summed E-state index contributed by atoms with van der Waals surface area (Å²) in [5.41, 5.74) is 3.93. The van der Waals surface area contributed by atoms with Crippen molar-refractivity contribution in [1.29, 1.82) is 0 Å². The minimum atomic E-state index is -0.167. The number of hydrogen-bond donors (Lipinski definition) is 2. The fraction of sp³-hybridized carbons (Fsp3) is 0.280. The van der Waals surface area contributed by atoms with Crippen molar-refractivity contribution < 1.29 is 9.59 Å². The molecule has 3 aromatic rings. The van der Waals surface area contributed by atoms with Gasteiger partial charge in [-0.15, -0.1) is 4.59 Å². The van der Waals surface area contributed by atoms with E-state index < -0.39 is 0 Å². The Labute approximate surface area is 193 Å². The lowest BCUT2D eigenvalue weighted by Gasteiger charge is -2.20. The third-order valence-corrected chi connectivity index (χ3v) is 5.82. The fourth-order valence-corrected chi connectivity index (χ4v) is 3.96. The Morgan fingerprint density at radius 3 is 2.55 bits per heavy atom. The first-order valence-corrected chi connectivity index (χ1v) is 11.0. The van der Waals surface area contributed by atoms with E-state index in [2.05, 4.69) is 21.0 Å². The number of benzene rings is 2. The molecule has 2 amide bonds. The van der Waals surface area contributed by atoms with E-state index >= 15 is 0 Å². The molecule has 1 aliphatic heterocycles. The van der Waals surface area contributed by atoms with Crippen molar-refractivity contribution in [3.05, 3.63) is 83.7 Å². The van der Waals surface area contributed by atoms with E-state index in [0.29, 0.717) is 40.9 Å². The number of aromatic nitrogens is 1. The number of nitrogens with one attached hydrogen (secondary N) is 2. The first-order valence-electron chi connectivity index (χ1n) is 11.0. The lowest BCUT2D eigenvalue weighted by Crippen LogP contribution is -2.39. The average molecular weight is 446 g/mol. The van der Waals surface area contributed by atoms with Crippen LogP contribution in [-0.2, 0) is 13.5 Å². The highest BCUT2D eigenvalue weighted by molar-refractivity contribution is 5.96. The molecule has 1 unspecified atom stereocenters. The van der Waals surface area contributed by atoms with E-state index in [1.807, 2.05) is 69.8 Å². The largest absolute Gasteiger partial charge is 0.351 e. The van der Waals surface area contributed by atoms with Crippen molar-refractivity contribution in [2.24, 2.45) is 17.4 Å². The molecule has 1 aromatic heterocycles. The molecule has 0 saturated heterocycles. The van der Waals surface area contributed by atoms with E-state index in [4.69, 9.17) is 0 Å². The third kappa shape index (κ3) is 5.18. The summed E-state index contributed by atoms with van der Waals surface area (Å²) in [7, 11) is 5.72. The highest BCUT2D eigenvalue weighted by Crippen LogP contribution is 2.38. The predicted molar refractivity (Wildman–Crippen MR) is 128 cm³/mol. The van der Waals surface area contributed by atoms with E-state index in [1.165, 1.54) is 0 Å². The first kappa shape index (κ1) is 22.4. The minimum absolute atomic E-state index is 0.128. The molecule has 2 N–H and O–H groups in total. The lowest BCUT2D eigenvalue weighted by molar-refractivity contribution is 0.0932. The van der Waals surface area contributed by atoms with Gasteiger partial charge < -0.3 is 15.2 Å². The van der Waals surface area contributed by atoms with Gasteiger partial charge in [-0.25, -0.2) is 0 Å². The first-order chi connectivity index (χ1) is 15.8. The van der Waals surface area contributed by atoms with Crippen molar-refractivity contribution >= 4 is 23.2 Å². The molecular formula is C25H29N6O2+. The average Bonchev–Trinajstić information content (AvgIpc) is 3.36. The molecule has 2 aromatic carbocycles. The number of rotatable bonds is 8. The van der Waals surface area contributed by atoms with Crippen LogP contribution in [0.3, 0.4) is 0 Å². The SMILES string of the molecule is Cn1cccc1C(=O)NCCC(Cc1ccccc1)NC(=O)c1ccc2c(c1)N=N[N+]2(C)C. The van der Waals surface area contributed by atoms with Gasteiger partial charge in [0.2, 0.25) is 0 Å². The maximum absolute atomic E-state index is 13.1. The summed E-state index contributed by atoms with van der Waals surface area (Å²) in [6.45, 7) is 0.450. The smallest absolute Gasteiger partial charge is 0.267 e. The highest BCUT2D eigenvalue weighted by atomic mass is 16.2. The Hall–Kier alpha value is -3.78. The Morgan fingerprint density at radius 2 is 1.82 bits per heavy atom. The number of carbonyl (C=O) groups excluding carboxylic acids is 2. The lowest BCUT2D eigenvalue weighted by atomic mass is 10.0. The number of aryl methyl sites for hydroxylation is 1. The molecule has 0 fully saturated rings. The van der Waals surface area contributed by atoms with Crippen LogP contribution in [0.25, 0.3) is 0 Å². The molecule has 0 radical (unpaired) electrons. The van der Waals surface area contributed by atoms with Gasteiger partial charge in [-0.05, 0) is 42.7 Å². The number of fused-ring (bicyclic) bond motifs is 1. The quantitative estimate of drug-likeness (QED) is 0.517. The van der Waals surface area contributed by atoms with Gasteiger partial charge in [-0.3, -0.25) is 9.59 Å². The Bertz CT molecular complexity index is 1180. The van der Waals surface area contributed by atoms with Crippen LogP contribution in [0.15, 0.2) is 77.2 Å². The minimum Gasteiger partial charge on any atom is -0.351 e. The number of amides is 2. The Morgan fingerprint density at radius 1 is 1.03 bits per heavy atom. The standard InChI is InChI=1S/C25H28N6O2/c1-30-15-7-10-22(30)25(33)26-14-13-20(16-18-8-5-4-6-9-18)27-24(32)19-11-12-23-21(17-19)28-29-31(23,2)3/h4-12,15,17,20H,13-14,16H2,1-3H3,(H-,26,27,32,33)/p+1. The molecule has 170 valence electrons. The molecule has 1 aliphatic rings. The zero-order chi connectivity index (χ0) is 23.4. The van der Waals surface area contributed by atoms with Gasteiger partial charge in [0, 0.05) is 42.7 Å². The number of carbonyl (C=O) groups is 2. The summed E-state index contributed by atoms with van der Waals surface area (Å²) in [5, 5.41) is 14.5. The van der Waals surface area contributed by atoms with Gasteiger partial charge in [0.1, 0.15) is 5.69 Å². The molecular weight excluding hydrogens is 416 g/mol. The molecule has 33 heavy (non-hydrogen) atoms. The highest BCUT2D eigenvalue weighted by Gasteiger charge is 2.30. The van der Waals surface area contributed by atoms with Crippen LogP contribution in [0.1, 0.15) is 32.8 Å². The summed E-state index contributed by atoms with van der Waals surface area (Å²) in [4.78, 5) is 25.5. The van der Waals surface area contributed by atoms with Gasteiger partial charge in [0.05, 0.1) is 14.1 Å². The van der Waals surface area contributed by atoms with Crippen molar-refractivity contribution in [2.45, 2.75) is 18.9 Å². The Balaban J connectivity index is 1.43. The molecule has 2 heterocycles. The van der Waals surface area contributed by atoms with Gasteiger partial charge >= 0.3 is 0 Å². The van der Waals surface area contributed by atoms with Crippen LogP contribution in [0.5, 0.6) is 0 Å². The molecule has 8 nitrogen and oxygen atoms in total. The van der Waals surface area contributed by atoms with Crippen LogP contribution in [0.2, 0.25) is 0 Å². The van der Waals surface area contributed by atoms with Crippen LogP contribution in [0.4, 0.5) is 11.4 Å². The molecule has 0 bridgehead atoms. The number of nitrogens with zero attached hydrogens (tertiary/aromatic N) is 4. The molecule has 0 spiro atoms. The zero-order valence-electron chi connectivity index (χ0n) is 19.2. The van der Waals surface area contributed by atoms with Crippen LogP contribution in [0, 0.1) is 0 Å². The van der Waals surface area contributed by atoms with E-state index in [1.54, 1.807) is 22.8 Å². The maximum atomic E-state index is 13.1. The van der Waals surface area contributed by atoms with E-state index in [-0.39, 0.29) is 17.9 Å². The normalized spacial score (nSPS) is 14.5. The summed E-state index contributed by atoms with van der Waals surface area (Å²) in [6.07, 6.45) is 3.11. The molecule has 1 atom stereocenters. The van der Waals surface area contributed by atoms with Crippen molar-refractivity contribution in [3.63, 3.8) is 0 Å². The Kier molecular flexibility index (Phi) is 6.37. The second-order valence-corrected chi connectivity index (χ2v) is 8.70. The number of quaternary nitrogens is 1. The molecule has 0 aliphatic carbocycles. The van der Waals surface area contributed by atoms with Crippen LogP contribution in [-0.4, -0.2) is 43.1 Å². The van der Waals surface area contributed by atoms with Gasteiger partial charge in [0.15, 0.2) is 11.4 Å². The van der Waals surface area contributed by atoms with Gasteiger partial charge in [0.25, 0.3) is 11.8 Å². The zero-order valence-corrected chi connectivity index (χ0v) is 19.2. The van der Waals surface area contributed by atoms with Crippen molar-refractivity contribution in [3.8, 4) is 0 Å². The summed E-state index contributed by atoms with van der Waals surface area (Å²) in [6, 6.07) is 19.0. The van der Waals surface area contributed by atoms with Crippen molar-refractivity contribution in [1.82, 2.24) is 19.8 Å². The van der Waals surface area contributed by atoms with E-state index in [9.17, 15) is 9.59 Å². The molecule has 4 rings (SSSR count). The second kappa shape index (κ2) is 9.38. The fourth-order valence-electron chi connectivity index (χ4n) is 3.96. The molecule has 0 saturated carbocycles. The second-order valence-electron chi connectivity index (χ2n) is 8.70. The summed E-state index contributed by atoms with van der Waals surface area (Å²) in [5.74, 6) is -0.295. The topological polar surface area (TPSA) is 87.9 Å². The van der Waals surface area contributed by atoms with Crippen LogP contribution >= 0.6 is 0 Å². The third-order valence-electron chi connectivity index (χ3n) is 5.82. The maximum Gasteiger partial charge on any atom is 0.267 e. The predicted octanol–water partition coefficient (Wildman–Crippen LogP) is 3.77. The monoisotopic (exact) mass is 445 g/mol. The van der Waals surface area contributed by atoms with Crippen molar-refractivity contribution in [2.75, 3.05) is 20.6 Å². The summed E-state index contributed by atoms with van der Waals surface area (Å²) >= 11 is 0. The van der Waals surface area contributed by atoms with Gasteiger partial charge in [-0.2, -0.15) is 0 Å². The van der Waals surface area contributed by atoms with E-state index in [0.717, 1.165) is 11.3 Å². The molecule has 8 heteroatoms. The summed E-state index contributed by atoms with van der Waals surface area (Å²) < 4.78 is 2.10. The van der Waals surface area contributed by atoms with Crippen LogP contribution < -0.4 is 15.2 Å².